The maximum atomic E-state index is 5.75. The molecule has 2 heterocycles. The summed E-state index contributed by atoms with van der Waals surface area (Å²) in [5.74, 6) is 0.867. The van der Waals surface area contributed by atoms with Crippen LogP contribution in [0.1, 0.15) is 32.6 Å². The van der Waals surface area contributed by atoms with E-state index in [4.69, 9.17) is 9.47 Å². The van der Waals surface area contributed by atoms with Crippen molar-refractivity contribution in [2.24, 2.45) is 4.99 Å². The molecule has 7 heteroatoms. The first-order chi connectivity index (χ1) is 10.7. The van der Waals surface area contributed by atoms with E-state index in [9.17, 15) is 0 Å². The fourth-order valence-corrected chi connectivity index (χ4v) is 3.42. The second-order valence-corrected chi connectivity index (χ2v) is 6.23. The van der Waals surface area contributed by atoms with Gasteiger partial charge in [0.1, 0.15) is 0 Å². The standard InChI is InChI=1S/C16H32N4O2.HI/c1-4-20-9-5-6-14(20)12-18-15(17-2)19-13-16(21-3)7-10-22-11-8-16;/h14H,4-13H2,1-3H3,(H2,17,18,19);1H. The van der Waals surface area contributed by atoms with E-state index in [1.54, 1.807) is 7.11 Å². The number of likely N-dealkylation sites (N-methyl/N-ethyl adjacent to an activating group) is 1. The van der Waals surface area contributed by atoms with Gasteiger partial charge in [-0.15, -0.1) is 24.0 Å². The van der Waals surface area contributed by atoms with Gasteiger partial charge in [-0.3, -0.25) is 9.89 Å². The molecular weight excluding hydrogens is 407 g/mol. The number of rotatable bonds is 6. The average molecular weight is 440 g/mol. The molecule has 0 radical (unpaired) electrons. The molecule has 2 N–H and O–H groups in total. The number of halogens is 1. The van der Waals surface area contributed by atoms with Gasteiger partial charge in [0.25, 0.3) is 0 Å². The van der Waals surface area contributed by atoms with E-state index in [0.717, 1.165) is 51.6 Å². The van der Waals surface area contributed by atoms with Crippen molar-refractivity contribution in [2.45, 2.75) is 44.2 Å². The first kappa shape index (κ1) is 20.9. The first-order valence-corrected chi connectivity index (χ1v) is 8.54. The summed E-state index contributed by atoms with van der Waals surface area (Å²) in [6.07, 6.45) is 4.44. The van der Waals surface area contributed by atoms with Gasteiger partial charge in [-0.05, 0) is 25.9 Å². The summed E-state index contributed by atoms with van der Waals surface area (Å²) < 4.78 is 11.2. The third-order valence-electron chi connectivity index (χ3n) is 5.05. The van der Waals surface area contributed by atoms with Crippen molar-refractivity contribution in [3.05, 3.63) is 0 Å². The Labute approximate surface area is 157 Å². The largest absolute Gasteiger partial charge is 0.381 e. The van der Waals surface area contributed by atoms with Gasteiger partial charge in [-0.25, -0.2) is 0 Å². The Morgan fingerprint density at radius 2 is 2.09 bits per heavy atom. The van der Waals surface area contributed by atoms with Crippen molar-refractivity contribution in [3.63, 3.8) is 0 Å². The van der Waals surface area contributed by atoms with Gasteiger partial charge < -0.3 is 20.1 Å². The lowest BCUT2D eigenvalue weighted by molar-refractivity contribution is -0.0855. The minimum atomic E-state index is -0.126. The fraction of sp³-hybridized carbons (Fsp3) is 0.938. The van der Waals surface area contributed by atoms with Gasteiger partial charge in [0.15, 0.2) is 5.96 Å². The van der Waals surface area contributed by atoms with Crippen molar-refractivity contribution in [1.29, 1.82) is 0 Å². The van der Waals surface area contributed by atoms with Crippen LogP contribution in [0.2, 0.25) is 0 Å². The Morgan fingerprint density at radius 1 is 1.35 bits per heavy atom. The van der Waals surface area contributed by atoms with Gasteiger partial charge in [-0.1, -0.05) is 6.92 Å². The smallest absolute Gasteiger partial charge is 0.191 e. The molecule has 2 rings (SSSR count). The summed E-state index contributed by atoms with van der Waals surface area (Å²) in [6.45, 7) is 7.86. The predicted molar refractivity (Wildman–Crippen MR) is 105 cm³/mol. The third kappa shape index (κ3) is 6.03. The molecular formula is C16H33IN4O2. The highest BCUT2D eigenvalue weighted by atomic mass is 127. The summed E-state index contributed by atoms with van der Waals surface area (Å²) in [5.41, 5.74) is -0.126. The summed E-state index contributed by atoms with van der Waals surface area (Å²) in [5, 5.41) is 6.89. The van der Waals surface area contributed by atoms with Crippen LogP contribution in [0.5, 0.6) is 0 Å². The van der Waals surface area contributed by atoms with E-state index in [1.807, 2.05) is 7.05 Å². The van der Waals surface area contributed by atoms with E-state index >= 15 is 0 Å². The fourth-order valence-electron chi connectivity index (χ4n) is 3.42. The number of methoxy groups -OCH3 is 1. The second kappa shape index (κ2) is 10.7. The second-order valence-electron chi connectivity index (χ2n) is 6.23. The molecule has 0 aliphatic carbocycles. The topological polar surface area (TPSA) is 58.1 Å². The molecule has 6 nitrogen and oxygen atoms in total. The van der Waals surface area contributed by atoms with Gasteiger partial charge in [0.2, 0.25) is 0 Å². The molecule has 0 aromatic heterocycles. The minimum absolute atomic E-state index is 0. The highest BCUT2D eigenvalue weighted by Crippen LogP contribution is 2.23. The maximum Gasteiger partial charge on any atom is 0.191 e. The van der Waals surface area contributed by atoms with Crippen LogP contribution in [0.25, 0.3) is 0 Å². The lowest BCUT2D eigenvalue weighted by Crippen LogP contribution is -2.52. The summed E-state index contributed by atoms with van der Waals surface area (Å²) in [7, 11) is 3.62. The zero-order chi connectivity index (χ0) is 15.8. The van der Waals surface area contributed by atoms with Crippen LogP contribution in [0, 0.1) is 0 Å². The van der Waals surface area contributed by atoms with E-state index in [1.165, 1.54) is 19.4 Å². The normalized spacial score (nSPS) is 25.0. The molecule has 2 aliphatic heterocycles. The summed E-state index contributed by atoms with van der Waals surface area (Å²) >= 11 is 0. The Hall–Kier alpha value is -0.120. The van der Waals surface area contributed by atoms with Crippen LogP contribution in [0.4, 0.5) is 0 Å². The molecule has 0 aromatic carbocycles. The Morgan fingerprint density at radius 3 is 2.70 bits per heavy atom. The van der Waals surface area contributed by atoms with Crippen LogP contribution in [-0.2, 0) is 9.47 Å². The highest BCUT2D eigenvalue weighted by molar-refractivity contribution is 14.0. The molecule has 2 saturated heterocycles. The molecule has 1 unspecified atom stereocenters. The Kier molecular flexibility index (Phi) is 9.72. The molecule has 0 bridgehead atoms. The van der Waals surface area contributed by atoms with E-state index < -0.39 is 0 Å². The average Bonchev–Trinajstić information content (AvgIpc) is 3.03. The number of aliphatic imine (C=N–C) groups is 1. The highest BCUT2D eigenvalue weighted by Gasteiger charge is 2.32. The number of hydrogen-bond acceptors (Lipinski definition) is 4. The van der Waals surface area contributed by atoms with Crippen LogP contribution in [0.3, 0.4) is 0 Å². The number of hydrogen-bond donors (Lipinski definition) is 2. The molecule has 136 valence electrons. The molecule has 2 aliphatic rings. The molecule has 0 saturated carbocycles. The van der Waals surface area contributed by atoms with Crippen LogP contribution < -0.4 is 10.6 Å². The molecule has 0 aromatic rings. The predicted octanol–water partition coefficient (Wildman–Crippen LogP) is 1.45. The van der Waals surface area contributed by atoms with E-state index in [-0.39, 0.29) is 29.6 Å². The molecule has 2 fully saturated rings. The first-order valence-electron chi connectivity index (χ1n) is 8.54. The molecule has 1 atom stereocenters. The number of nitrogens with one attached hydrogen (secondary N) is 2. The van der Waals surface area contributed by atoms with Gasteiger partial charge >= 0.3 is 0 Å². The Bertz CT molecular complexity index is 362. The minimum Gasteiger partial charge on any atom is -0.381 e. The lowest BCUT2D eigenvalue weighted by Gasteiger charge is -2.36. The zero-order valence-electron chi connectivity index (χ0n) is 14.8. The lowest BCUT2D eigenvalue weighted by atomic mass is 9.94. The van der Waals surface area contributed by atoms with Crippen LogP contribution in [0.15, 0.2) is 4.99 Å². The number of likely N-dealkylation sites (tertiary alicyclic amines) is 1. The number of nitrogens with zero attached hydrogens (tertiary/aromatic N) is 2. The van der Waals surface area contributed by atoms with E-state index in [0.29, 0.717) is 6.04 Å². The monoisotopic (exact) mass is 440 g/mol. The summed E-state index contributed by atoms with van der Waals surface area (Å²) in [4.78, 5) is 6.88. The van der Waals surface area contributed by atoms with Crippen molar-refractivity contribution < 1.29 is 9.47 Å². The molecule has 23 heavy (non-hydrogen) atoms. The SMILES string of the molecule is CCN1CCCC1CNC(=NC)NCC1(OC)CCOCC1.I. The van der Waals surface area contributed by atoms with Crippen LogP contribution >= 0.6 is 24.0 Å². The third-order valence-corrected chi connectivity index (χ3v) is 5.05. The Balaban J connectivity index is 0.00000264. The van der Waals surface area contributed by atoms with Crippen molar-refractivity contribution >= 4 is 29.9 Å². The molecule has 0 amide bonds. The van der Waals surface area contributed by atoms with Gasteiger partial charge in [0.05, 0.1) is 5.60 Å². The number of ether oxygens (including phenoxy) is 2. The summed E-state index contributed by atoms with van der Waals surface area (Å²) in [6, 6.07) is 0.628. The van der Waals surface area contributed by atoms with Crippen molar-refractivity contribution in [2.75, 3.05) is 53.6 Å². The van der Waals surface area contributed by atoms with Gasteiger partial charge in [0, 0.05) is 59.3 Å². The zero-order valence-corrected chi connectivity index (χ0v) is 17.1. The van der Waals surface area contributed by atoms with Crippen molar-refractivity contribution in [3.8, 4) is 0 Å². The van der Waals surface area contributed by atoms with Gasteiger partial charge in [-0.2, -0.15) is 0 Å². The van der Waals surface area contributed by atoms with E-state index in [2.05, 4.69) is 27.4 Å². The van der Waals surface area contributed by atoms with Crippen molar-refractivity contribution in [1.82, 2.24) is 15.5 Å². The maximum absolute atomic E-state index is 5.75. The quantitative estimate of drug-likeness (QED) is 0.372. The number of guanidine groups is 1. The van der Waals surface area contributed by atoms with Crippen LogP contribution in [-0.4, -0.2) is 76.1 Å². The molecule has 0 spiro atoms.